The van der Waals surface area contributed by atoms with E-state index in [1.165, 1.54) is 6.07 Å². The number of carboxylic acids is 1. The van der Waals surface area contributed by atoms with E-state index in [1.54, 1.807) is 4.57 Å². The SMILES string of the molecule is CCCc1c(C(=O)O)cc(=O)n(CC)c1CCC. The van der Waals surface area contributed by atoms with Crippen LogP contribution in [0.4, 0.5) is 0 Å². The molecule has 0 aliphatic rings. The van der Waals surface area contributed by atoms with Gasteiger partial charge in [0, 0.05) is 18.3 Å². The molecule has 1 aromatic heterocycles. The predicted octanol–water partition coefficient (Wildman–Crippen LogP) is 2.47. The summed E-state index contributed by atoms with van der Waals surface area (Å²) in [4.78, 5) is 23.2. The lowest BCUT2D eigenvalue weighted by Gasteiger charge is -2.17. The summed E-state index contributed by atoms with van der Waals surface area (Å²) in [6.07, 6.45) is 3.23. The highest BCUT2D eigenvalue weighted by Crippen LogP contribution is 2.17. The third-order valence-electron chi connectivity index (χ3n) is 3.07. The lowest BCUT2D eigenvalue weighted by molar-refractivity contribution is 0.0695. The number of aromatic carboxylic acids is 1. The second-order valence-electron chi connectivity index (χ2n) is 4.37. The normalized spacial score (nSPS) is 10.6. The van der Waals surface area contributed by atoms with Gasteiger partial charge in [-0.2, -0.15) is 0 Å². The molecule has 0 amide bonds. The minimum absolute atomic E-state index is 0.176. The lowest BCUT2D eigenvalue weighted by atomic mass is 9.98. The highest BCUT2D eigenvalue weighted by atomic mass is 16.4. The Labute approximate surface area is 107 Å². The molecule has 0 aliphatic carbocycles. The van der Waals surface area contributed by atoms with Crippen LogP contribution >= 0.6 is 0 Å². The number of carboxylic acid groups (broad SMARTS) is 1. The Bertz CT molecular complexity index is 489. The Morgan fingerprint density at radius 3 is 2.28 bits per heavy atom. The standard InChI is InChI=1S/C14H21NO3/c1-4-7-10-11(14(17)18)9-13(16)15(6-3)12(10)8-5-2/h9H,4-8H2,1-3H3,(H,17,18). The zero-order valence-electron chi connectivity index (χ0n) is 11.3. The van der Waals surface area contributed by atoms with Crippen LogP contribution in [0.3, 0.4) is 0 Å². The maximum Gasteiger partial charge on any atom is 0.336 e. The van der Waals surface area contributed by atoms with E-state index in [0.29, 0.717) is 13.0 Å². The summed E-state index contributed by atoms with van der Waals surface area (Å²) >= 11 is 0. The molecule has 1 rings (SSSR count). The molecule has 0 spiro atoms. The second-order valence-corrected chi connectivity index (χ2v) is 4.37. The number of rotatable bonds is 6. The minimum Gasteiger partial charge on any atom is -0.478 e. The van der Waals surface area contributed by atoms with Gasteiger partial charge in [0.1, 0.15) is 0 Å². The van der Waals surface area contributed by atoms with Gasteiger partial charge in [0.05, 0.1) is 5.56 Å². The van der Waals surface area contributed by atoms with Crippen LogP contribution in [0.25, 0.3) is 0 Å². The molecule has 4 nitrogen and oxygen atoms in total. The number of carbonyl (C=O) groups is 1. The van der Waals surface area contributed by atoms with Crippen molar-refractivity contribution in [1.29, 1.82) is 0 Å². The van der Waals surface area contributed by atoms with Crippen LogP contribution in [0.5, 0.6) is 0 Å². The molecule has 100 valence electrons. The fourth-order valence-corrected chi connectivity index (χ4v) is 2.33. The topological polar surface area (TPSA) is 59.3 Å². The predicted molar refractivity (Wildman–Crippen MR) is 71.3 cm³/mol. The number of nitrogens with zero attached hydrogens (tertiary/aromatic N) is 1. The molecule has 1 N–H and O–H groups in total. The van der Waals surface area contributed by atoms with Gasteiger partial charge in [0.2, 0.25) is 0 Å². The van der Waals surface area contributed by atoms with Crippen LogP contribution in [-0.2, 0) is 19.4 Å². The summed E-state index contributed by atoms with van der Waals surface area (Å²) in [5, 5.41) is 9.22. The van der Waals surface area contributed by atoms with Crippen LogP contribution < -0.4 is 5.56 Å². The molecule has 0 radical (unpaired) electrons. The minimum atomic E-state index is -1.00. The third-order valence-corrected chi connectivity index (χ3v) is 3.07. The maximum atomic E-state index is 11.9. The average molecular weight is 251 g/mol. The summed E-state index contributed by atoms with van der Waals surface area (Å²) < 4.78 is 1.70. The van der Waals surface area contributed by atoms with Gasteiger partial charge in [0.25, 0.3) is 5.56 Å². The number of hydrogen-bond donors (Lipinski definition) is 1. The third kappa shape index (κ3) is 2.81. The average Bonchev–Trinajstić information content (AvgIpc) is 2.32. The first kappa shape index (κ1) is 14.5. The summed E-state index contributed by atoms with van der Waals surface area (Å²) in [7, 11) is 0. The quantitative estimate of drug-likeness (QED) is 0.845. The summed E-state index contributed by atoms with van der Waals surface area (Å²) in [5.41, 5.74) is 1.69. The van der Waals surface area contributed by atoms with E-state index >= 15 is 0 Å². The molecule has 18 heavy (non-hydrogen) atoms. The van der Waals surface area contributed by atoms with Gasteiger partial charge >= 0.3 is 5.97 Å². The second kappa shape index (κ2) is 6.38. The van der Waals surface area contributed by atoms with Crippen molar-refractivity contribution in [2.75, 3.05) is 0 Å². The Hall–Kier alpha value is -1.58. The summed E-state index contributed by atoms with van der Waals surface area (Å²) in [6.45, 7) is 6.55. The van der Waals surface area contributed by atoms with Gasteiger partial charge in [-0.05, 0) is 25.3 Å². The maximum absolute atomic E-state index is 11.9. The molecule has 0 fully saturated rings. The molecule has 4 heteroatoms. The van der Waals surface area contributed by atoms with Gasteiger partial charge in [-0.25, -0.2) is 4.79 Å². The van der Waals surface area contributed by atoms with Gasteiger partial charge in [0.15, 0.2) is 0 Å². The van der Waals surface area contributed by atoms with Crippen molar-refractivity contribution in [3.63, 3.8) is 0 Å². The first-order valence-corrected chi connectivity index (χ1v) is 6.55. The van der Waals surface area contributed by atoms with Crippen LogP contribution in [0, 0.1) is 0 Å². The van der Waals surface area contributed by atoms with E-state index in [9.17, 15) is 14.7 Å². The van der Waals surface area contributed by atoms with Crippen LogP contribution in [0.2, 0.25) is 0 Å². The zero-order chi connectivity index (χ0) is 13.7. The number of pyridine rings is 1. The van der Waals surface area contributed by atoms with E-state index in [0.717, 1.165) is 30.5 Å². The largest absolute Gasteiger partial charge is 0.478 e. The van der Waals surface area contributed by atoms with Gasteiger partial charge in [-0.1, -0.05) is 26.7 Å². The van der Waals surface area contributed by atoms with E-state index in [4.69, 9.17) is 0 Å². The monoisotopic (exact) mass is 251 g/mol. The van der Waals surface area contributed by atoms with Crippen molar-refractivity contribution in [3.05, 3.63) is 33.2 Å². The van der Waals surface area contributed by atoms with E-state index in [-0.39, 0.29) is 11.1 Å². The molecule has 0 aromatic carbocycles. The first-order valence-electron chi connectivity index (χ1n) is 6.55. The molecule has 0 aliphatic heterocycles. The molecule has 0 saturated carbocycles. The molecule has 1 aromatic rings. The van der Waals surface area contributed by atoms with Crippen molar-refractivity contribution in [2.45, 2.75) is 53.0 Å². The Kier molecular flexibility index (Phi) is 5.13. The smallest absolute Gasteiger partial charge is 0.336 e. The summed E-state index contributed by atoms with van der Waals surface area (Å²) in [6, 6.07) is 1.26. The van der Waals surface area contributed by atoms with Gasteiger partial charge < -0.3 is 9.67 Å². The van der Waals surface area contributed by atoms with E-state index in [2.05, 4.69) is 0 Å². The Morgan fingerprint density at radius 1 is 1.22 bits per heavy atom. The molecular weight excluding hydrogens is 230 g/mol. The molecule has 1 heterocycles. The molecule has 0 atom stereocenters. The van der Waals surface area contributed by atoms with E-state index < -0.39 is 5.97 Å². The van der Waals surface area contributed by atoms with Crippen molar-refractivity contribution < 1.29 is 9.90 Å². The fourth-order valence-electron chi connectivity index (χ4n) is 2.33. The fraction of sp³-hybridized carbons (Fsp3) is 0.571. The van der Waals surface area contributed by atoms with Crippen LogP contribution in [-0.4, -0.2) is 15.6 Å². The van der Waals surface area contributed by atoms with Crippen molar-refractivity contribution >= 4 is 5.97 Å². The van der Waals surface area contributed by atoms with Gasteiger partial charge in [-0.3, -0.25) is 4.79 Å². The zero-order valence-corrected chi connectivity index (χ0v) is 11.3. The first-order chi connectivity index (χ1) is 8.56. The molecule has 0 unspecified atom stereocenters. The van der Waals surface area contributed by atoms with Crippen molar-refractivity contribution in [3.8, 4) is 0 Å². The van der Waals surface area contributed by atoms with Crippen LogP contribution in [0.15, 0.2) is 10.9 Å². The Balaban J connectivity index is 3.56. The van der Waals surface area contributed by atoms with Crippen LogP contribution in [0.1, 0.15) is 55.2 Å². The molecular formula is C14H21NO3. The highest BCUT2D eigenvalue weighted by molar-refractivity contribution is 5.89. The van der Waals surface area contributed by atoms with Crippen molar-refractivity contribution in [2.24, 2.45) is 0 Å². The van der Waals surface area contributed by atoms with Gasteiger partial charge in [-0.15, -0.1) is 0 Å². The van der Waals surface area contributed by atoms with E-state index in [1.807, 2.05) is 20.8 Å². The summed E-state index contributed by atoms with van der Waals surface area (Å²) in [5.74, 6) is -1.00. The number of hydrogen-bond acceptors (Lipinski definition) is 2. The Morgan fingerprint density at radius 2 is 1.83 bits per heavy atom. The lowest BCUT2D eigenvalue weighted by Crippen LogP contribution is -2.26. The number of aromatic nitrogens is 1. The molecule has 0 bridgehead atoms. The molecule has 0 saturated heterocycles. The highest BCUT2D eigenvalue weighted by Gasteiger charge is 2.17. The van der Waals surface area contributed by atoms with Crippen molar-refractivity contribution in [1.82, 2.24) is 4.57 Å².